The number of rotatable bonds is 2. The summed E-state index contributed by atoms with van der Waals surface area (Å²) in [6.45, 7) is 1.84. The van der Waals surface area contributed by atoms with Crippen molar-refractivity contribution >= 4 is 22.2 Å². The van der Waals surface area contributed by atoms with E-state index in [0.29, 0.717) is 5.00 Å². The third-order valence-electron chi connectivity index (χ3n) is 1.87. The van der Waals surface area contributed by atoms with E-state index in [1.165, 1.54) is 17.7 Å². The molecule has 5 nitrogen and oxygen atoms in total. The van der Waals surface area contributed by atoms with E-state index in [2.05, 4.69) is 4.37 Å². The van der Waals surface area contributed by atoms with E-state index in [1.54, 1.807) is 0 Å². The number of anilines is 1. The first kappa shape index (κ1) is 7.48. The molecule has 1 saturated heterocycles. The molecule has 2 heterocycles. The molecule has 1 fully saturated rings. The van der Waals surface area contributed by atoms with Crippen molar-refractivity contribution in [1.82, 2.24) is 4.37 Å². The molecule has 0 saturated carbocycles. The molecule has 0 aromatic carbocycles. The highest BCUT2D eigenvalue weighted by Gasteiger charge is 2.25. The van der Waals surface area contributed by atoms with Crippen molar-refractivity contribution in [3.63, 3.8) is 0 Å². The summed E-state index contributed by atoms with van der Waals surface area (Å²) in [6.07, 6.45) is 2.44. The first-order chi connectivity index (χ1) is 5.79. The van der Waals surface area contributed by atoms with Crippen LogP contribution in [-0.2, 0) is 0 Å². The minimum absolute atomic E-state index is 0.139. The second-order valence-electron chi connectivity index (χ2n) is 2.61. The van der Waals surface area contributed by atoms with Gasteiger partial charge in [0.25, 0.3) is 0 Å². The van der Waals surface area contributed by atoms with E-state index in [4.69, 9.17) is 0 Å². The average Bonchev–Trinajstić information content (AvgIpc) is 2.31. The zero-order valence-electron chi connectivity index (χ0n) is 6.27. The molecule has 0 radical (unpaired) electrons. The largest absolute Gasteiger partial charge is 0.356 e. The molecule has 1 aliphatic rings. The molecule has 6 heteroatoms. The highest BCUT2D eigenvalue weighted by atomic mass is 32.1. The van der Waals surface area contributed by atoms with Gasteiger partial charge in [-0.15, -0.1) is 0 Å². The van der Waals surface area contributed by atoms with Crippen LogP contribution in [0.15, 0.2) is 6.20 Å². The van der Waals surface area contributed by atoms with Gasteiger partial charge in [0.05, 0.1) is 4.92 Å². The van der Waals surface area contributed by atoms with Gasteiger partial charge in [-0.3, -0.25) is 10.1 Å². The van der Waals surface area contributed by atoms with Gasteiger partial charge in [0.2, 0.25) is 0 Å². The first-order valence-corrected chi connectivity index (χ1v) is 4.40. The lowest BCUT2D eigenvalue weighted by Gasteiger charge is -2.30. The maximum absolute atomic E-state index is 10.5. The molecule has 0 atom stereocenters. The van der Waals surface area contributed by atoms with E-state index < -0.39 is 0 Å². The van der Waals surface area contributed by atoms with Gasteiger partial charge < -0.3 is 4.90 Å². The molecule has 64 valence electrons. The maximum atomic E-state index is 10.5. The van der Waals surface area contributed by atoms with E-state index in [0.717, 1.165) is 19.5 Å². The van der Waals surface area contributed by atoms with E-state index >= 15 is 0 Å². The first-order valence-electron chi connectivity index (χ1n) is 3.63. The van der Waals surface area contributed by atoms with Crippen molar-refractivity contribution in [3.05, 3.63) is 16.3 Å². The second kappa shape index (κ2) is 2.71. The Bertz CT molecular complexity index is 307. The van der Waals surface area contributed by atoms with Crippen LogP contribution < -0.4 is 4.90 Å². The van der Waals surface area contributed by atoms with Crippen molar-refractivity contribution in [1.29, 1.82) is 0 Å². The lowest BCUT2D eigenvalue weighted by Crippen LogP contribution is -2.36. The van der Waals surface area contributed by atoms with Crippen LogP contribution in [0.25, 0.3) is 0 Å². The normalized spacial score (nSPS) is 15.8. The Balaban J connectivity index is 2.29. The van der Waals surface area contributed by atoms with Gasteiger partial charge in [-0.25, -0.2) is 0 Å². The van der Waals surface area contributed by atoms with Crippen LogP contribution in [0.2, 0.25) is 0 Å². The summed E-state index contributed by atoms with van der Waals surface area (Å²) in [5, 5.41) is 11.2. The molecule has 0 amide bonds. The van der Waals surface area contributed by atoms with Crippen molar-refractivity contribution in [2.24, 2.45) is 0 Å². The third kappa shape index (κ3) is 1.04. The van der Waals surface area contributed by atoms with Gasteiger partial charge in [-0.05, 0) is 18.0 Å². The van der Waals surface area contributed by atoms with Crippen LogP contribution in [0.5, 0.6) is 0 Å². The molecule has 2 rings (SSSR count). The Labute approximate surface area is 72.9 Å². The monoisotopic (exact) mass is 185 g/mol. The summed E-state index contributed by atoms with van der Waals surface area (Å²) in [5.74, 6) is 0. The van der Waals surface area contributed by atoms with Gasteiger partial charge in [0.15, 0.2) is 5.00 Å². The quantitative estimate of drug-likeness (QED) is 0.514. The molecule has 1 aromatic heterocycles. The van der Waals surface area contributed by atoms with Crippen LogP contribution in [0, 0.1) is 10.1 Å². The van der Waals surface area contributed by atoms with Crippen molar-refractivity contribution in [2.45, 2.75) is 6.42 Å². The zero-order valence-corrected chi connectivity index (χ0v) is 7.08. The number of hydrogen-bond donors (Lipinski definition) is 0. The van der Waals surface area contributed by atoms with Crippen LogP contribution in [0.3, 0.4) is 0 Å². The Morgan fingerprint density at radius 1 is 1.67 bits per heavy atom. The van der Waals surface area contributed by atoms with Gasteiger partial charge in [0, 0.05) is 13.1 Å². The van der Waals surface area contributed by atoms with Gasteiger partial charge in [-0.1, -0.05) is 0 Å². The SMILES string of the molecule is O=[N+]([O-])c1cnsc1N1CCC1. The summed E-state index contributed by atoms with van der Waals surface area (Å²) in [7, 11) is 0. The molecule has 0 aliphatic carbocycles. The average molecular weight is 185 g/mol. The third-order valence-corrected chi connectivity index (χ3v) is 2.72. The van der Waals surface area contributed by atoms with E-state index in [9.17, 15) is 10.1 Å². The summed E-state index contributed by atoms with van der Waals surface area (Å²) >= 11 is 1.20. The minimum Gasteiger partial charge on any atom is -0.356 e. The van der Waals surface area contributed by atoms with Gasteiger partial charge >= 0.3 is 5.69 Å². The smallest absolute Gasteiger partial charge is 0.323 e. The molecule has 1 aliphatic heterocycles. The standard InChI is InChI=1S/C6H7N3O2S/c10-9(11)5-4-7-12-6(5)8-2-1-3-8/h4H,1-3H2. The predicted octanol–water partition coefficient (Wildman–Crippen LogP) is 1.26. The fourth-order valence-corrected chi connectivity index (χ4v) is 1.86. The predicted molar refractivity (Wildman–Crippen MR) is 45.6 cm³/mol. The maximum Gasteiger partial charge on any atom is 0.323 e. The lowest BCUT2D eigenvalue weighted by molar-refractivity contribution is -0.384. The highest BCUT2D eigenvalue weighted by molar-refractivity contribution is 7.10. The Morgan fingerprint density at radius 3 is 2.92 bits per heavy atom. The Kier molecular flexibility index (Phi) is 1.69. The van der Waals surface area contributed by atoms with E-state index in [-0.39, 0.29) is 10.6 Å². The van der Waals surface area contributed by atoms with Gasteiger partial charge in [-0.2, -0.15) is 4.37 Å². The molecule has 0 unspecified atom stereocenters. The summed E-state index contributed by atoms with van der Waals surface area (Å²) in [5.41, 5.74) is 0.139. The summed E-state index contributed by atoms with van der Waals surface area (Å²) in [6, 6.07) is 0. The number of hydrogen-bond acceptors (Lipinski definition) is 5. The fraction of sp³-hybridized carbons (Fsp3) is 0.500. The minimum atomic E-state index is -0.378. The number of nitrogens with zero attached hydrogens (tertiary/aromatic N) is 3. The molecule has 12 heavy (non-hydrogen) atoms. The molecule has 0 bridgehead atoms. The zero-order chi connectivity index (χ0) is 8.55. The highest BCUT2D eigenvalue weighted by Crippen LogP contribution is 2.34. The topological polar surface area (TPSA) is 59.3 Å². The van der Waals surface area contributed by atoms with Crippen LogP contribution in [-0.4, -0.2) is 22.4 Å². The number of nitro groups is 1. The Hall–Kier alpha value is -1.17. The molecular weight excluding hydrogens is 178 g/mol. The summed E-state index contributed by atoms with van der Waals surface area (Å²) < 4.78 is 3.80. The second-order valence-corrected chi connectivity index (χ2v) is 3.39. The summed E-state index contributed by atoms with van der Waals surface area (Å²) in [4.78, 5) is 12.1. The van der Waals surface area contributed by atoms with Gasteiger partial charge in [0.1, 0.15) is 6.20 Å². The molecule has 1 aromatic rings. The fourth-order valence-electron chi connectivity index (χ4n) is 1.09. The van der Waals surface area contributed by atoms with Crippen molar-refractivity contribution in [2.75, 3.05) is 18.0 Å². The Morgan fingerprint density at radius 2 is 2.42 bits per heavy atom. The molecular formula is C6H7N3O2S. The van der Waals surface area contributed by atoms with E-state index in [1.807, 2.05) is 4.90 Å². The number of aromatic nitrogens is 1. The lowest BCUT2D eigenvalue weighted by atomic mass is 10.2. The van der Waals surface area contributed by atoms with Crippen LogP contribution >= 0.6 is 11.5 Å². The molecule has 0 spiro atoms. The van der Waals surface area contributed by atoms with Crippen LogP contribution in [0.1, 0.15) is 6.42 Å². The van der Waals surface area contributed by atoms with Crippen molar-refractivity contribution < 1.29 is 4.92 Å². The molecule has 0 N–H and O–H groups in total. The van der Waals surface area contributed by atoms with Crippen LogP contribution in [0.4, 0.5) is 10.7 Å². The van der Waals surface area contributed by atoms with Crippen molar-refractivity contribution in [3.8, 4) is 0 Å².